The molecular weight excluding hydrogens is 516 g/mol. The summed E-state index contributed by atoms with van der Waals surface area (Å²) in [6.07, 6.45) is 0.215. The molecule has 1 aliphatic carbocycles. The van der Waals surface area contributed by atoms with Crippen molar-refractivity contribution >= 4 is 23.2 Å². The maximum absolute atomic E-state index is 15.4. The first-order valence-corrected chi connectivity index (χ1v) is 12.6. The van der Waals surface area contributed by atoms with Crippen LogP contribution in [0.5, 0.6) is 5.75 Å². The summed E-state index contributed by atoms with van der Waals surface area (Å²) in [6.45, 7) is 5.47. The van der Waals surface area contributed by atoms with E-state index in [4.69, 9.17) is 13.2 Å². The SMILES string of the molecule is CCc1nc(C(=O)NCC2CCC(C)CC2)c(F)n1-c1ccc(N[C@H](C)C(F)(F)F)cc1OC.O=S=O. The number of nitrogens with zero attached hydrogens (tertiary/aromatic N) is 2. The van der Waals surface area contributed by atoms with E-state index < -0.39 is 35.6 Å². The molecule has 1 fully saturated rings. The van der Waals surface area contributed by atoms with Gasteiger partial charge in [-0.25, -0.2) is 4.98 Å². The molecule has 2 aromatic rings. The molecule has 2 N–H and O–H groups in total. The second-order valence-electron chi connectivity index (χ2n) is 9.05. The molecule has 13 heteroatoms. The summed E-state index contributed by atoms with van der Waals surface area (Å²) in [4.78, 5) is 16.9. The third-order valence-electron chi connectivity index (χ3n) is 6.40. The molecule has 0 saturated heterocycles. The molecule has 1 aromatic carbocycles. The third-order valence-corrected chi connectivity index (χ3v) is 6.40. The Balaban J connectivity index is 0.00000153. The van der Waals surface area contributed by atoms with Crippen molar-refractivity contribution in [2.45, 2.75) is 65.1 Å². The van der Waals surface area contributed by atoms with Gasteiger partial charge in [0.05, 0.1) is 12.8 Å². The van der Waals surface area contributed by atoms with Gasteiger partial charge in [-0.05, 0) is 43.7 Å². The number of halogens is 4. The van der Waals surface area contributed by atoms with E-state index in [0.717, 1.165) is 32.6 Å². The summed E-state index contributed by atoms with van der Waals surface area (Å²) >= 11 is -0.750. The fourth-order valence-corrected chi connectivity index (χ4v) is 4.21. The highest BCUT2D eigenvalue weighted by atomic mass is 32.1. The van der Waals surface area contributed by atoms with E-state index >= 15 is 4.39 Å². The molecule has 1 aliphatic rings. The number of imidazole rings is 1. The highest BCUT2D eigenvalue weighted by Crippen LogP contribution is 2.32. The van der Waals surface area contributed by atoms with Crippen LogP contribution in [0.3, 0.4) is 0 Å². The lowest BCUT2D eigenvalue weighted by atomic mass is 9.83. The standard InChI is InChI=1S/C24H32F4N4O2.O2S/c1-5-20-31-21(23(33)29-13-16-8-6-14(2)7-9-16)22(25)32(20)18-11-10-17(12-19(18)34-4)30-15(3)24(26,27)28;1-3-2/h10-12,14-16,30H,5-9,13H2,1-4H3,(H,29,33);/t14?,15-,16?;/m1./s1. The largest absolute Gasteiger partial charge is 0.494 e. The molecule has 1 atom stereocenters. The molecule has 3 rings (SSSR count). The first-order valence-electron chi connectivity index (χ1n) is 11.9. The molecule has 1 saturated carbocycles. The van der Waals surface area contributed by atoms with E-state index in [1.165, 1.54) is 29.9 Å². The normalized spacial score (nSPS) is 18.3. The van der Waals surface area contributed by atoms with Gasteiger partial charge in [0.25, 0.3) is 5.91 Å². The van der Waals surface area contributed by atoms with E-state index in [1.807, 2.05) is 0 Å². The van der Waals surface area contributed by atoms with Gasteiger partial charge >= 0.3 is 17.7 Å². The number of rotatable bonds is 8. The number of ether oxygens (including phenoxy) is 1. The summed E-state index contributed by atoms with van der Waals surface area (Å²) in [7, 11) is 1.34. The zero-order chi connectivity index (χ0) is 27.8. The van der Waals surface area contributed by atoms with Crippen molar-refractivity contribution in [3.63, 3.8) is 0 Å². The first-order chi connectivity index (χ1) is 17.5. The van der Waals surface area contributed by atoms with Crippen molar-refractivity contribution in [2.75, 3.05) is 19.0 Å². The van der Waals surface area contributed by atoms with Crippen LogP contribution in [0.4, 0.5) is 23.2 Å². The van der Waals surface area contributed by atoms with E-state index in [9.17, 15) is 18.0 Å². The molecule has 1 heterocycles. The minimum Gasteiger partial charge on any atom is -0.494 e. The van der Waals surface area contributed by atoms with Gasteiger partial charge in [-0.15, -0.1) is 0 Å². The fraction of sp³-hybridized carbons (Fsp3) is 0.583. The van der Waals surface area contributed by atoms with E-state index in [0.29, 0.717) is 30.6 Å². The predicted molar refractivity (Wildman–Crippen MR) is 131 cm³/mol. The van der Waals surface area contributed by atoms with Crippen LogP contribution in [0.25, 0.3) is 5.69 Å². The predicted octanol–water partition coefficient (Wildman–Crippen LogP) is 4.83. The number of hydrogen-bond donors (Lipinski definition) is 2. The Kier molecular flexibility index (Phi) is 11.1. The van der Waals surface area contributed by atoms with Gasteiger partial charge < -0.3 is 15.4 Å². The smallest absolute Gasteiger partial charge is 0.408 e. The maximum Gasteiger partial charge on any atom is 0.408 e. The third kappa shape index (κ3) is 8.01. The van der Waals surface area contributed by atoms with E-state index in [2.05, 4.69) is 22.5 Å². The second kappa shape index (κ2) is 13.5. The number of alkyl halides is 3. The van der Waals surface area contributed by atoms with Crippen molar-refractivity contribution in [1.29, 1.82) is 0 Å². The molecule has 0 bridgehead atoms. The van der Waals surface area contributed by atoms with Crippen LogP contribution in [0.15, 0.2) is 18.2 Å². The molecule has 1 amide bonds. The second-order valence-corrected chi connectivity index (χ2v) is 9.19. The summed E-state index contributed by atoms with van der Waals surface area (Å²) in [5, 5.41) is 5.18. The highest BCUT2D eigenvalue weighted by Gasteiger charge is 2.36. The summed E-state index contributed by atoms with van der Waals surface area (Å²) < 4.78 is 77.2. The molecular formula is C24H32F4N4O4S. The van der Waals surface area contributed by atoms with Crippen molar-refractivity contribution in [3.05, 3.63) is 35.7 Å². The number of aromatic nitrogens is 2. The topological polar surface area (TPSA) is 102 Å². The minimum absolute atomic E-state index is 0.147. The maximum atomic E-state index is 15.4. The number of nitrogens with one attached hydrogen (secondary N) is 2. The molecule has 0 spiro atoms. The summed E-state index contributed by atoms with van der Waals surface area (Å²) in [5.41, 5.74) is 0.106. The fourth-order valence-electron chi connectivity index (χ4n) is 4.21. The van der Waals surface area contributed by atoms with Crippen LogP contribution >= 0.6 is 0 Å². The van der Waals surface area contributed by atoms with Gasteiger partial charge in [0.2, 0.25) is 5.95 Å². The van der Waals surface area contributed by atoms with Crippen LogP contribution in [0.1, 0.15) is 62.8 Å². The molecule has 0 radical (unpaired) electrons. The number of aryl methyl sites for hydroxylation is 1. The lowest BCUT2D eigenvalue weighted by Gasteiger charge is -2.26. The lowest BCUT2D eigenvalue weighted by molar-refractivity contribution is -0.138. The van der Waals surface area contributed by atoms with Gasteiger partial charge in [-0.3, -0.25) is 9.36 Å². The van der Waals surface area contributed by atoms with E-state index in [-0.39, 0.29) is 22.8 Å². The number of hydrogen-bond acceptors (Lipinski definition) is 6. The number of benzene rings is 1. The Labute approximate surface area is 216 Å². The Hall–Kier alpha value is -2.96. The molecule has 8 nitrogen and oxygen atoms in total. The molecule has 1 aromatic heterocycles. The van der Waals surface area contributed by atoms with Crippen molar-refractivity contribution < 1.29 is 35.5 Å². The average molecular weight is 549 g/mol. The molecule has 0 aliphatic heterocycles. The summed E-state index contributed by atoms with van der Waals surface area (Å²) in [6, 6.07) is 2.43. The number of anilines is 1. The highest BCUT2D eigenvalue weighted by molar-refractivity contribution is 7.51. The molecule has 0 unspecified atom stereocenters. The zero-order valence-electron chi connectivity index (χ0n) is 21.2. The van der Waals surface area contributed by atoms with Crippen molar-refractivity contribution in [1.82, 2.24) is 14.9 Å². The van der Waals surface area contributed by atoms with Crippen LogP contribution < -0.4 is 15.4 Å². The van der Waals surface area contributed by atoms with E-state index in [1.54, 1.807) is 6.92 Å². The van der Waals surface area contributed by atoms with Crippen molar-refractivity contribution in [2.24, 2.45) is 11.8 Å². The number of carbonyl (C=O) groups excluding carboxylic acids is 1. The Morgan fingerprint density at radius 3 is 2.41 bits per heavy atom. The van der Waals surface area contributed by atoms with Gasteiger partial charge in [-0.1, -0.05) is 26.7 Å². The number of methoxy groups -OCH3 is 1. The zero-order valence-corrected chi connectivity index (χ0v) is 22.0. The Bertz CT molecular complexity index is 1100. The monoisotopic (exact) mass is 548 g/mol. The molecule has 206 valence electrons. The average Bonchev–Trinajstić information content (AvgIpc) is 3.19. The van der Waals surface area contributed by atoms with Crippen LogP contribution in [-0.4, -0.2) is 49.7 Å². The summed E-state index contributed by atoms with van der Waals surface area (Å²) in [5.74, 6) is 0.0937. The molecule has 37 heavy (non-hydrogen) atoms. The minimum atomic E-state index is -4.42. The van der Waals surface area contributed by atoms with Gasteiger partial charge in [0.1, 0.15) is 17.6 Å². The van der Waals surface area contributed by atoms with Gasteiger partial charge in [0.15, 0.2) is 5.69 Å². The Morgan fingerprint density at radius 2 is 1.86 bits per heavy atom. The number of amides is 1. The van der Waals surface area contributed by atoms with Crippen LogP contribution in [0.2, 0.25) is 0 Å². The van der Waals surface area contributed by atoms with Crippen LogP contribution in [-0.2, 0) is 18.0 Å². The number of carbonyl (C=O) groups is 1. The Morgan fingerprint density at radius 1 is 1.24 bits per heavy atom. The lowest BCUT2D eigenvalue weighted by Crippen LogP contribution is -2.33. The quantitative estimate of drug-likeness (QED) is 0.458. The first kappa shape index (κ1) is 30.3. The van der Waals surface area contributed by atoms with Gasteiger partial charge in [-0.2, -0.15) is 26.0 Å². The van der Waals surface area contributed by atoms with Crippen molar-refractivity contribution in [3.8, 4) is 11.4 Å². The van der Waals surface area contributed by atoms with Gasteiger partial charge in [0, 0.05) is 24.7 Å². The van der Waals surface area contributed by atoms with Crippen LogP contribution in [0, 0.1) is 17.8 Å².